The fourth-order valence-corrected chi connectivity index (χ4v) is 5.51. The van der Waals surface area contributed by atoms with E-state index in [0.29, 0.717) is 17.9 Å². The van der Waals surface area contributed by atoms with Gasteiger partial charge in [-0.15, -0.1) is 0 Å². The quantitative estimate of drug-likeness (QED) is 0.753. The maximum atomic E-state index is 12.7. The minimum atomic E-state index is -3.45. The van der Waals surface area contributed by atoms with Crippen LogP contribution >= 0.6 is 0 Å². The molecule has 1 saturated heterocycles. The summed E-state index contributed by atoms with van der Waals surface area (Å²) >= 11 is -1.04. The van der Waals surface area contributed by atoms with Crippen LogP contribution in [-0.2, 0) is 21.0 Å². The highest BCUT2D eigenvalue weighted by molar-refractivity contribution is 7.92. The summed E-state index contributed by atoms with van der Waals surface area (Å²) in [7, 11) is -3.45. The second-order valence-electron chi connectivity index (χ2n) is 6.91. The predicted molar refractivity (Wildman–Crippen MR) is 109 cm³/mol. The molecule has 2 aromatic carbocycles. The van der Waals surface area contributed by atoms with Crippen molar-refractivity contribution in [3.8, 4) is 0 Å². The van der Waals surface area contributed by atoms with Crippen molar-refractivity contribution in [2.24, 2.45) is 0 Å². The van der Waals surface area contributed by atoms with Gasteiger partial charge in [-0.05, 0) is 54.3 Å². The molecule has 1 N–H and O–H groups in total. The van der Waals surface area contributed by atoms with E-state index in [1.165, 1.54) is 0 Å². The van der Waals surface area contributed by atoms with E-state index in [0.717, 1.165) is 10.5 Å². The van der Waals surface area contributed by atoms with Crippen LogP contribution in [0, 0.1) is 0 Å². The van der Waals surface area contributed by atoms with Gasteiger partial charge in [-0.3, -0.25) is 0 Å². The number of sulfone groups is 1. The number of likely N-dealkylation sites (tertiary alicyclic amines) is 1. The molecule has 2 aromatic rings. The highest BCUT2D eigenvalue weighted by Gasteiger charge is 2.36. The van der Waals surface area contributed by atoms with Crippen molar-refractivity contribution in [3.63, 3.8) is 0 Å². The summed E-state index contributed by atoms with van der Waals surface area (Å²) in [6, 6.07) is 15.1. The summed E-state index contributed by atoms with van der Waals surface area (Å²) in [4.78, 5) is 15.2. The van der Waals surface area contributed by atoms with Gasteiger partial charge in [-0.1, -0.05) is 30.3 Å². The SMILES string of the molecule is CC(NC(=O)N1CCC(S(=O)(=O)c2ccccc2)C1)c1ccc([S+](C)[O-])cc1. The summed E-state index contributed by atoms with van der Waals surface area (Å²) in [6.45, 7) is 2.46. The van der Waals surface area contributed by atoms with E-state index in [-0.39, 0.29) is 18.6 Å². The first-order valence-corrected chi connectivity index (χ1v) is 12.2. The Balaban J connectivity index is 1.61. The Morgan fingerprint density at radius 1 is 1.18 bits per heavy atom. The van der Waals surface area contributed by atoms with Crippen LogP contribution < -0.4 is 5.32 Å². The van der Waals surface area contributed by atoms with Crippen molar-refractivity contribution in [2.75, 3.05) is 19.3 Å². The molecule has 28 heavy (non-hydrogen) atoms. The Bertz CT molecular complexity index is 915. The van der Waals surface area contributed by atoms with Crippen molar-refractivity contribution in [1.29, 1.82) is 0 Å². The van der Waals surface area contributed by atoms with Gasteiger partial charge in [0, 0.05) is 13.1 Å². The summed E-state index contributed by atoms with van der Waals surface area (Å²) in [6.07, 6.45) is 2.05. The molecule has 6 nitrogen and oxygen atoms in total. The molecule has 3 atom stereocenters. The van der Waals surface area contributed by atoms with Crippen molar-refractivity contribution >= 4 is 27.0 Å². The normalized spacial score (nSPS) is 19.2. The molecule has 0 aromatic heterocycles. The zero-order chi connectivity index (χ0) is 20.3. The lowest BCUT2D eigenvalue weighted by Crippen LogP contribution is -2.40. The molecule has 1 heterocycles. The van der Waals surface area contributed by atoms with Gasteiger partial charge in [-0.2, -0.15) is 0 Å². The zero-order valence-corrected chi connectivity index (χ0v) is 17.5. The van der Waals surface area contributed by atoms with Gasteiger partial charge in [0.1, 0.15) is 6.26 Å². The Labute approximate surface area is 169 Å². The maximum Gasteiger partial charge on any atom is 0.317 e. The van der Waals surface area contributed by atoms with E-state index in [1.807, 2.05) is 19.1 Å². The Morgan fingerprint density at radius 2 is 1.82 bits per heavy atom. The van der Waals surface area contributed by atoms with Gasteiger partial charge in [0.15, 0.2) is 14.7 Å². The maximum absolute atomic E-state index is 12.7. The molecule has 0 radical (unpaired) electrons. The van der Waals surface area contributed by atoms with Crippen LogP contribution in [0.15, 0.2) is 64.4 Å². The number of nitrogens with one attached hydrogen (secondary N) is 1. The largest absolute Gasteiger partial charge is 0.612 e. The van der Waals surface area contributed by atoms with Gasteiger partial charge < -0.3 is 14.8 Å². The van der Waals surface area contributed by atoms with Gasteiger partial charge in [0.2, 0.25) is 0 Å². The number of nitrogens with zero attached hydrogens (tertiary/aromatic N) is 1. The molecular formula is C20H24N2O4S2. The average Bonchev–Trinajstić information content (AvgIpc) is 3.20. The summed E-state index contributed by atoms with van der Waals surface area (Å²) in [5.74, 6) is 0. The Kier molecular flexibility index (Phi) is 6.32. The second-order valence-corrected chi connectivity index (χ2v) is 10.5. The van der Waals surface area contributed by atoms with Crippen LogP contribution in [0.4, 0.5) is 4.79 Å². The molecule has 0 spiro atoms. The zero-order valence-electron chi connectivity index (χ0n) is 15.9. The van der Waals surface area contributed by atoms with Crippen LogP contribution in [0.25, 0.3) is 0 Å². The minimum Gasteiger partial charge on any atom is -0.612 e. The summed E-state index contributed by atoms with van der Waals surface area (Å²) < 4.78 is 37.0. The first-order valence-electron chi connectivity index (χ1n) is 9.07. The standard InChI is InChI=1S/C20H24N2O4S2/c1-15(16-8-10-17(11-9-16)27(2)24)21-20(23)22-13-12-19(14-22)28(25,26)18-6-4-3-5-7-18/h3-11,15,19H,12-14H2,1-2H3,(H,21,23). The van der Waals surface area contributed by atoms with Crippen molar-refractivity contribution in [3.05, 3.63) is 60.2 Å². The molecule has 1 aliphatic heterocycles. The molecule has 8 heteroatoms. The third-order valence-electron chi connectivity index (χ3n) is 4.99. The predicted octanol–water partition coefficient (Wildman–Crippen LogP) is 2.74. The number of rotatable bonds is 5. The molecule has 3 rings (SSSR count). The van der Waals surface area contributed by atoms with Crippen LogP contribution in [0.1, 0.15) is 24.9 Å². The molecule has 150 valence electrons. The fraction of sp³-hybridized carbons (Fsp3) is 0.350. The van der Waals surface area contributed by atoms with Crippen LogP contribution in [0.3, 0.4) is 0 Å². The average molecular weight is 421 g/mol. The molecule has 2 amide bonds. The number of carbonyl (C=O) groups excluding carboxylic acids is 1. The topological polar surface area (TPSA) is 89.5 Å². The van der Waals surface area contributed by atoms with Crippen LogP contribution in [-0.4, -0.2) is 48.5 Å². The van der Waals surface area contributed by atoms with Gasteiger partial charge in [0.05, 0.1) is 16.2 Å². The lowest BCUT2D eigenvalue weighted by Gasteiger charge is -2.21. The number of urea groups is 1. The van der Waals surface area contributed by atoms with E-state index in [1.54, 1.807) is 53.6 Å². The molecule has 3 unspecified atom stereocenters. The smallest absolute Gasteiger partial charge is 0.317 e. The molecule has 1 aliphatic rings. The minimum absolute atomic E-state index is 0.184. The molecule has 1 fully saturated rings. The van der Waals surface area contributed by atoms with Crippen molar-refractivity contribution in [2.45, 2.75) is 34.4 Å². The number of amides is 2. The second kappa shape index (κ2) is 8.55. The molecule has 0 bridgehead atoms. The first-order chi connectivity index (χ1) is 13.3. The lowest BCUT2D eigenvalue weighted by atomic mass is 10.1. The highest BCUT2D eigenvalue weighted by atomic mass is 32.2. The van der Waals surface area contributed by atoms with Crippen molar-refractivity contribution in [1.82, 2.24) is 10.2 Å². The third kappa shape index (κ3) is 4.51. The van der Waals surface area contributed by atoms with E-state index >= 15 is 0 Å². The van der Waals surface area contributed by atoms with E-state index in [2.05, 4.69) is 5.32 Å². The number of hydrogen-bond acceptors (Lipinski definition) is 4. The molecule has 0 saturated carbocycles. The van der Waals surface area contributed by atoms with E-state index < -0.39 is 26.3 Å². The Morgan fingerprint density at radius 3 is 2.43 bits per heavy atom. The van der Waals surface area contributed by atoms with Gasteiger partial charge >= 0.3 is 6.03 Å². The monoisotopic (exact) mass is 420 g/mol. The summed E-state index contributed by atoms with van der Waals surface area (Å²) in [5, 5.41) is 2.33. The van der Waals surface area contributed by atoms with Gasteiger partial charge in [0.25, 0.3) is 0 Å². The Hall–Kier alpha value is -2.03. The molecular weight excluding hydrogens is 396 g/mol. The number of carbonyl (C=O) groups is 1. The van der Waals surface area contributed by atoms with Crippen molar-refractivity contribution < 1.29 is 17.8 Å². The third-order valence-corrected chi connectivity index (χ3v) is 8.12. The highest BCUT2D eigenvalue weighted by Crippen LogP contribution is 2.24. The van der Waals surface area contributed by atoms with Crippen LogP contribution in [0.5, 0.6) is 0 Å². The fourth-order valence-electron chi connectivity index (χ4n) is 3.28. The first kappa shape index (κ1) is 20.7. The van der Waals surface area contributed by atoms with E-state index in [9.17, 15) is 17.8 Å². The number of benzene rings is 2. The summed E-state index contributed by atoms with van der Waals surface area (Å²) in [5.41, 5.74) is 0.898. The lowest BCUT2D eigenvalue weighted by molar-refractivity contribution is 0.205. The van der Waals surface area contributed by atoms with Gasteiger partial charge in [-0.25, -0.2) is 13.2 Å². The van der Waals surface area contributed by atoms with Crippen LogP contribution in [0.2, 0.25) is 0 Å². The molecule has 0 aliphatic carbocycles. The number of hydrogen-bond donors (Lipinski definition) is 1. The van der Waals surface area contributed by atoms with E-state index in [4.69, 9.17) is 0 Å².